The van der Waals surface area contributed by atoms with Gasteiger partial charge < -0.3 is 0 Å². The summed E-state index contributed by atoms with van der Waals surface area (Å²) >= 11 is 6.00. The van der Waals surface area contributed by atoms with Crippen molar-refractivity contribution in [2.75, 3.05) is 0 Å². The maximum absolute atomic E-state index is 13.5. The van der Waals surface area contributed by atoms with Gasteiger partial charge in [0.15, 0.2) is 0 Å². The minimum Gasteiger partial charge on any atom is -0.271 e. The van der Waals surface area contributed by atoms with Gasteiger partial charge in [-0.2, -0.15) is 0 Å². The van der Waals surface area contributed by atoms with Crippen molar-refractivity contribution in [3.63, 3.8) is 0 Å². The Hall–Kier alpha value is -1.42. The summed E-state index contributed by atoms with van der Waals surface area (Å²) in [6.07, 6.45) is 0.659. The molecule has 0 aromatic heterocycles. The molecule has 0 radical (unpaired) electrons. The van der Waals surface area contributed by atoms with Crippen LogP contribution in [0.15, 0.2) is 42.5 Å². The summed E-state index contributed by atoms with van der Waals surface area (Å²) in [6.45, 7) is 2.04. The summed E-state index contributed by atoms with van der Waals surface area (Å²) in [6, 6.07) is 12.6. The number of nitrogens with two attached hydrogens (primary N) is 1. The molecule has 0 heterocycles. The first kappa shape index (κ1) is 14.0. The number of hydrogen-bond acceptors (Lipinski definition) is 2. The van der Waals surface area contributed by atoms with Crippen molar-refractivity contribution in [2.45, 2.75) is 19.4 Å². The molecule has 0 spiro atoms. The van der Waals surface area contributed by atoms with Gasteiger partial charge in [-0.15, -0.1) is 0 Å². The van der Waals surface area contributed by atoms with E-state index in [1.807, 2.05) is 31.2 Å². The zero-order chi connectivity index (χ0) is 13.8. The molecule has 3 N–H and O–H groups in total. The molecule has 100 valence electrons. The van der Waals surface area contributed by atoms with Crippen LogP contribution in [0.1, 0.15) is 22.7 Å². The van der Waals surface area contributed by atoms with E-state index < -0.39 is 5.82 Å². The molecule has 2 aromatic rings. The molecule has 0 aliphatic rings. The van der Waals surface area contributed by atoms with Gasteiger partial charge in [0.1, 0.15) is 5.82 Å². The Morgan fingerprint density at radius 2 is 1.95 bits per heavy atom. The lowest BCUT2D eigenvalue weighted by atomic mass is 9.96. The largest absolute Gasteiger partial charge is 0.271 e. The first-order valence-electron chi connectivity index (χ1n) is 6.08. The van der Waals surface area contributed by atoms with Crippen molar-refractivity contribution in [1.29, 1.82) is 0 Å². The number of hydrazine groups is 1. The molecule has 2 aromatic carbocycles. The highest BCUT2D eigenvalue weighted by molar-refractivity contribution is 6.31. The predicted octanol–water partition coefficient (Wildman–Crippen LogP) is 3.53. The van der Waals surface area contributed by atoms with Crippen LogP contribution in [0.2, 0.25) is 5.02 Å². The topological polar surface area (TPSA) is 38.0 Å². The van der Waals surface area contributed by atoms with Crippen LogP contribution in [-0.2, 0) is 6.42 Å². The van der Waals surface area contributed by atoms with E-state index >= 15 is 0 Å². The number of benzene rings is 2. The molecule has 0 aliphatic carbocycles. The molecule has 0 fully saturated rings. The van der Waals surface area contributed by atoms with Gasteiger partial charge >= 0.3 is 0 Å². The molecule has 1 atom stereocenters. The zero-order valence-electron chi connectivity index (χ0n) is 10.7. The highest BCUT2D eigenvalue weighted by Crippen LogP contribution is 2.28. The minimum atomic E-state index is -0.427. The lowest BCUT2D eigenvalue weighted by Crippen LogP contribution is -2.30. The Morgan fingerprint density at radius 3 is 2.63 bits per heavy atom. The van der Waals surface area contributed by atoms with Crippen LogP contribution in [-0.4, -0.2) is 0 Å². The molecule has 2 nitrogen and oxygen atoms in total. The Bertz CT molecular complexity index is 572. The Balaban J connectivity index is 2.31. The fourth-order valence-corrected chi connectivity index (χ4v) is 2.36. The molecule has 4 heteroatoms. The van der Waals surface area contributed by atoms with Gasteiger partial charge in [-0.25, -0.2) is 4.39 Å². The Kier molecular flexibility index (Phi) is 4.53. The molecule has 0 aliphatic heterocycles. The lowest BCUT2D eigenvalue weighted by molar-refractivity contribution is 0.544. The summed E-state index contributed by atoms with van der Waals surface area (Å²) in [4.78, 5) is 0. The average Bonchev–Trinajstić information content (AvgIpc) is 2.41. The van der Waals surface area contributed by atoms with Gasteiger partial charge in [-0.3, -0.25) is 11.3 Å². The predicted molar refractivity (Wildman–Crippen MR) is 76.4 cm³/mol. The van der Waals surface area contributed by atoms with Gasteiger partial charge in [0, 0.05) is 0 Å². The molecule has 19 heavy (non-hydrogen) atoms. The van der Waals surface area contributed by atoms with Crippen LogP contribution in [0, 0.1) is 12.7 Å². The third-order valence-corrected chi connectivity index (χ3v) is 3.64. The SMILES string of the molecule is Cc1ccccc1CC(NN)c1cccc(F)c1Cl. The number of halogens is 2. The number of hydrogen-bond donors (Lipinski definition) is 2. The van der Waals surface area contributed by atoms with E-state index in [0.717, 1.165) is 5.56 Å². The molecular formula is C15H16ClFN2. The lowest BCUT2D eigenvalue weighted by Gasteiger charge is -2.19. The highest BCUT2D eigenvalue weighted by Gasteiger charge is 2.16. The smallest absolute Gasteiger partial charge is 0.142 e. The van der Waals surface area contributed by atoms with Gasteiger partial charge in [0.25, 0.3) is 0 Å². The van der Waals surface area contributed by atoms with Crippen molar-refractivity contribution in [2.24, 2.45) is 5.84 Å². The molecule has 0 saturated heterocycles. The van der Waals surface area contributed by atoms with E-state index in [2.05, 4.69) is 5.43 Å². The normalized spacial score (nSPS) is 12.4. The molecule has 0 saturated carbocycles. The van der Waals surface area contributed by atoms with Crippen molar-refractivity contribution in [3.05, 3.63) is 70.0 Å². The summed E-state index contributed by atoms with van der Waals surface area (Å²) in [5.74, 6) is 5.16. The first-order chi connectivity index (χ1) is 9.13. The highest BCUT2D eigenvalue weighted by atomic mass is 35.5. The second-order valence-corrected chi connectivity index (χ2v) is 4.87. The molecular weight excluding hydrogens is 263 g/mol. The van der Waals surface area contributed by atoms with Crippen molar-refractivity contribution >= 4 is 11.6 Å². The van der Waals surface area contributed by atoms with Gasteiger partial charge in [0.2, 0.25) is 0 Å². The van der Waals surface area contributed by atoms with E-state index in [-0.39, 0.29) is 11.1 Å². The quantitative estimate of drug-likeness (QED) is 0.663. The fraction of sp³-hybridized carbons (Fsp3) is 0.200. The van der Waals surface area contributed by atoms with E-state index in [0.29, 0.717) is 12.0 Å². The summed E-state index contributed by atoms with van der Waals surface area (Å²) in [5, 5.41) is 0.124. The van der Waals surface area contributed by atoms with Crippen LogP contribution in [0.4, 0.5) is 4.39 Å². The first-order valence-corrected chi connectivity index (χ1v) is 6.46. The summed E-state index contributed by atoms with van der Waals surface area (Å²) in [7, 11) is 0. The van der Waals surface area contributed by atoms with E-state index in [9.17, 15) is 4.39 Å². The molecule has 0 bridgehead atoms. The zero-order valence-corrected chi connectivity index (χ0v) is 11.4. The second kappa shape index (κ2) is 6.15. The molecule has 0 amide bonds. The third kappa shape index (κ3) is 3.13. The molecule has 1 unspecified atom stereocenters. The molecule has 2 rings (SSSR count). The maximum atomic E-state index is 13.5. The Morgan fingerprint density at radius 1 is 1.21 bits per heavy atom. The van der Waals surface area contributed by atoms with E-state index in [1.165, 1.54) is 11.6 Å². The monoisotopic (exact) mass is 278 g/mol. The van der Waals surface area contributed by atoms with Crippen molar-refractivity contribution < 1.29 is 4.39 Å². The van der Waals surface area contributed by atoms with E-state index in [4.69, 9.17) is 17.4 Å². The standard InChI is InChI=1S/C15H16ClFN2/c1-10-5-2-3-6-11(10)9-14(19-18)12-7-4-8-13(17)15(12)16/h2-8,14,19H,9,18H2,1H3. The maximum Gasteiger partial charge on any atom is 0.142 e. The van der Waals surface area contributed by atoms with Gasteiger partial charge in [-0.1, -0.05) is 48.0 Å². The number of nitrogens with one attached hydrogen (secondary N) is 1. The van der Waals surface area contributed by atoms with Gasteiger partial charge in [-0.05, 0) is 36.1 Å². The average molecular weight is 279 g/mol. The van der Waals surface area contributed by atoms with Crippen molar-refractivity contribution in [1.82, 2.24) is 5.43 Å². The number of rotatable bonds is 4. The van der Waals surface area contributed by atoms with Crippen LogP contribution >= 0.6 is 11.6 Å². The van der Waals surface area contributed by atoms with Gasteiger partial charge in [0.05, 0.1) is 11.1 Å². The number of aryl methyl sites for hydroxylation is 1. The fourth-order valence-electron chi connectivity index (χ4n) is 2.11. The van der Waals surface area contributed by atoms with Crippen LogP contribution < -0.4 is 11.3 Å². The summed E-state index contributed by atoms with van der Waals surface area (Å²) < 4.78 is 13.5. The van der Waals surface area contributed by atoms with E-state index in [1.54, 1.807) is 12.1 Å². The van der Waals surface area contributed by atoms with Crippen LogP contribution in [0.3, 0.4) is 0 Å². The van der Waals surface area contributed by atoms with Crippen LogP contribution in [0.5, 0.6) is 0 Å². The van der Waals surface area contributed by atoms with Crippen LogP contribution in [0.25, 0.3) is 0 Å². The summed E-state index contributed by atoms with van der Waals surface area (Å²) in [5.41, 5.74) is 5.72. The second-order valence-electron chi connectivity index (χ2n) is 4.49. The Labute approximate surface area is 117 Å². The third-order valence-electron chi connectivity index (χ3n) is 3.24. The van der Waals surface area contributed by atoms with Crippen molar-refractivity contribution in [3.8, 4) is 0 Å². The minimum absolute atomic E-state index is 0.124.